The van der Waals surface area contributed by atoms with E-state index in [1.54, 1.807) is 24.3 Å². The third kappa shape index (κ3) is 4.16. The van der Waals surface area contributed by atoms with Crippen molar-refractivity contribution in [1.29, 1.82) is 0 Å². The predicted molar refractivity (Wildman–Crippen MR) is 86.1 cm³/mol. The van der Waals surface area contributed by atoms with Crippen molar-refractivity contribution in [2.45, 2.75) is 12.8 Å². The van der Waals surface area contributed by atoms with E-state index in [0.717, 1.165) is 10.0 Å². The van der Waals surface area contributed by atoms with Crippen molar-refractivity contribution in [3.8, 4) is 0 Å². The van der Waals surface area contributed by atoms with Crippen molar-refractivity contribution < 1.29 is 9.59 Å². The highest BCUT2D eigenvalue weighted by molar-refractivity contribution is 9.10. The summed E-state index contributed by atoms with van der Waals surface area (Å²) in [6.45, 7) is 0. The van der Waals surface area contributed by atoms with E-state index in [2.05, 4.69) is 21.2 Å². The number of halogens is 1. The first-order valence-corrected chi connectivity index (χ1v) is 7.29. The number of rotatable bonds is 5. The number of anilines is 1. The summed E-state index contributed by atoms with van der Waals surface area (Å²) in [7, 11) is 0. The van der Waals surface area contributed by atoms with E-state index >= 15 is 0 Å². The lowest BCUT2D eigenvalue weighted by Crippen LogP contribution is -2.18. The molecule has 0 atom stereocenters. The zero-order valence-corrected chi connectivity index (χ0v) is 12.9. The van der Waals surface area contributed by atoms with Gasteiger partial charge in [0, 0.05) is 10.9 Å². The molecule has 0 radical (unpaired) electrons. The molecule has 0 bridgehead atoms. The van der Waals surface area contributed by atoms with Crippen LogP contribution in [0.3, 0.4) is 0 Å². The van der Waals surface area contributed by atoms with Crippen LogP contribution in [0.2, 0.25) is 0 Å². The molecule has 0 saturated heterocycles. The molecule has 0 aliphatic rings. The Kier molecular flexibility index (Phi) is 5.11. The normalized spacial score (nSPS) is 10.1. The largest absolute Gasteiger partial charge is 0.366 e. The minimum absolute atomic E-state index is 0.153. The van der Waals surface area contributed by atoms with Gasteiger partial charge in [0.15, 0.2) is 0 Å². The number of carbonyl (C=O) groups excluding carboxylic acids is 2. The fourth-order valence-electron chi connectivity index (χ4n) is 1.97. The molecule has 2 rings (SSSR count). The molecule has 0 aliphatic heterocycles. The Morgan fingerprint density at radius 2 is 1.71 bits per heavy atom. The van der Waals surface area contributed by atoms with Gasteiger partial charge in [-0.3, -0.25) is 9.59 Å². The molecule has 2 amide bonds. The number of nitrogens with one attached hydrogen (secondary N) is 1. The minimum atomic E-state index is -0.559. The van der Waals surface area contributed by atoms with E-state index in [1.165, 1.54) is 0 Å². The van der Waals surface area contributed by atoms with Crippen molar-refractivity contribution in [3.05, 3.63) is 64.1 Å². The smallest absolute Gasteiger partial charge is 0.250 e. The van der Waals surface area contributed by atoms with Gasteiger partial charge in [-0.1, -0.05) is 46.3 Å². The summed E-state index contributed by atoms with van der Waals surface area (Å²) in [6, 6.07) is 14.5. The molecule has 0 saturated carbocycles. The highest BCUT2D eigenvalue weighted by Gasteiger charge is 2.10. The van der Waals surface area contributed by atoms with Gasteiger partial charge in [0.1, 0.15) is 0 Å². The lowest BCUT2D eigenvalue weighted by atomic mass is 10.1. The third-order valence-electron chi connectivity index (χ3n) is 3.05. The summed E-state index contributed by atoms with van der Waals surface area (Å²) in [5, 5.41) is 2.73. The van der Waals surface area contributed by atoms with Gasteiger partial charge in [0.2, 0.25) is 5.91 Å². The van der Waals surface area contributed by atoms with Gasteiger partial charge in [-0.25, -0.2) is 0 Å². The van der Waals surface area contributed by atoms with Crippen LogP contribution in [-0.4, -0.2) is 11.8 Å². The van der Waals surface area contributed by atoms with Crippen LogP contribution in [0.25, 0.3) is 0 Å². The molecular weight excluding hydrogens is 332 g/mol. The molecule has 0 aromatic heterocycles. The van der Waals surface area contributed by atoms with Gasteiger partial charge in [-0.05, 0) is 30.2 Å². The molecule has 21 heavy (non-hydrogen) atoms. The number of amides is 2. The maximum Gasteiger partial charge on any atom is 0.250 e. The molecule has 0 unspecified atom stereocenters. The van der Waals surface area contributed by atoms with Crippen LogP contribution in [0.5, 0.6) is 0 Å². The van der Waals surface area contributed by atoms with Crippen molar-refractivity contribution in [3.63, 3.8) is 0 Å². The van der Waals surface area contributed by atoms with Crippen molar-refractivity contribution in [1.82, 2.24) is 0 Å². The van der Waals surface area contributed by atoms with E-state index < -0.39 is 5.91 Å². The Morgan fingerprint density at radius 3 is 2.43 bits per heavy atom. The summed E-state index contributed by atoms with van der Waals surface area (Å²) < 4.78 is 0.982. The number of hydrogen-bond acceptors (Lipinski definition) is 2. The van der Waals surface area contributed by atoms with E-state index in [1.807, 2.05) is 24.3 Å². The van der Waals surface area contributed by atoms with Gasteiger partial charge < -0.3 is 11.1 Å². The van der Waals surface area contributed by atoms with Gasteiger partial charge in [-0.15, -0.1) is 0 Å². The molecule has 5 heteroatoms. The maximum absolute atomic E-state index is 12.0. The minimum Gasteiger partial charge on any atom is -0.366 e. The number of nitrogens with two attached hydrogens (primary N) is 1. The van der Waals surface area contributed by atoms with Crippen LogP contribution in [-0.2, 0) is 11.2 Å². The quantitative estimate of drug-likeness (QED) is 0.872. The van der Waals surface area contributed by atoms with Crippen LogP contribution in [0.15, 0.2) is 53.0 Å². The van der Waals surface area contributed by atoms with Crippen LogP contribution >= 0.6 is 15.9 Å². The SMILES string of the molecule is NC(=O)c1ccccc1NC(=O)CCc1ccccc1Br. The Labute approximate surface area is 131 Å². The molecule has 0 aliphatic carbocycles. The Hall–Kier alpha value is -2.14. The highest BCUT2D eigenvalue weighted by Crippen LogP contribution is 2.18. The van der Waals surface area contributed by atoms with Crippen molar-refractivity contribution in [2.75, 3.05) is 5.32 Å². The summed E-state index contributed by atoms with van der Waals surface area (Å²) in [6.07, 6.45) is 0.946. The van der Waals surface area contributed by atoms with Crippen molar-refractivity contribution in [2.24, 2.45) is 5.73 Å². The fourth-order valence-corrected chi connectivity index (χ4v) is 2.45. The second-order valence-corrected chi connectivity index (χ2v) is 5.40. The fraction of sp³-hybridized carbons (Fsp3) is 0.125. The number of para-hydroxylation sites is 1. The summed E-state index contributed by atoms with van der Waals surface area (Å²) in [5.74, 6) is -0.712. The molecule has 0 fully saturated rings. The molecule has 108 valence electrons. The van der Waals surface area contributed by atoms with Crippen molar-refractivity contribution >= 4 is 33.4 Å². The van der Waals surface area contributed by atoms with E-state index in [0.29, 0.717) is 24.1 Å². The molecule has 3 N–H and O–H groups in total. The lowest BCUT2D eigenvalue weighted by molar-refractivity contribution is -0.116. The molecule has 0 heterocycles. The monoisotopic (exact) mass is 346 g/mol. The Balaban J connectivity index is 2.00. The van der Waals surface area contributed by atoms with Crippen LogP contribution in [0, 0.1) is 0 Å². The van der Waals surface area contributed by atoms with E-state index in [-0.39, 0.29) is 5.91 Å². The highest BCUT2D eigenvalue weighted by atomic mass is 79.9. The third-order valence-corrected chi connectivity index (χ3v) is 3.82. The van der Waals surface area contributed by atoms with Gasteiger partial charge in [-0.2, -0.15) is 0 Å². The average Bonchev–Trinajstić information content (AvgIpc) is 2.47. The molecular formula is C16H15BrN2O2. The number of hydrogen-bond donors (Lipinski definition) is 2. The number of aryl methyl sites for hydroxylation is 1. The number of benzene rings is 2. The van der Waals surface area contributed by atoms with E-state index in [4.69, 9.17) is 5.73 Å². The summed E-state index contributed by atoms with van der Waals surface area (Å²) in [5.41, 5.74) is 7.10. The zero-order chi connectivity index (χ0) is 15.2. The second-order valence-electron chi connectivity index (χ2n) is 4.55. The Bertz CT molecular complexity index is 671. The van der Waals surface area contributed by atoms with Gasteiger partial charge in [0.25, 0.3) is 5.91 Å². The first kappa shape index (κ1) is 15.3. The lowest BCUT2D eigenvalue weighted by Gasteiger charge is -2.09. The standard InChI is InChI=1S/C16H15BrN2O2/c17-13-7-3-1-5-11(13)9-10-15(20)19-14-8-4-2-6-12(14)16(18)21/h1-8H,9-10H2,(H2,18,21)(H,19,20). The first-order chi connectivity index (χ1) is 10.1. The maximum atomic E-state index is 12.0. The molecule has 4 nitrogen and oxygen atoms in total. The van der Waals surface area contributed by atoms with Gasteiger partial charge >= 0.3 is 0 Å². The van der Waals surface area contributed by atoms with Crippen LogP contribution in [0.1, 0.15) is 22.3 Å². The topological polar surface area (TPSA) is 72.2 Å². The van der Waals surface area contributed by atoms with E-state index in [9.17, 15) is 9.59 Å². The van der Waals surface area contributed by atoms with Crippen LogP contribution < -0.4 is 11.1 Å². The average molecular weight is 347 g/mol. The van der Waals surface area contributed by atoms with Crippen LogP contribution in [0.4, 0.5) is 5.69 Å². The summed E-state index contributed by atoms with van der Waals surface area (Å²) in [4.78, 5) is 23.3. The Morgan fingerprint density at radius 1 is 1.05 bits per heavy atom. The number of primary amides is 1. The second kappa shape index (κ2) is 7.04. The molecule has 2 aromatic rings. The van der Waals surface area contributed by atoms with Gasteiger partial charge in [0.05, 0.1) is 11.3 Å². The molecule has 2 aromatic carbocycles. The first-order valence-electron chi connectivity index (χ1n) is 6.50. The molecule has 0 spiro atoms. The summed E-state index contributed by atoms with van der Waals surface area (Å²) >= 11 is 3.45. The predicted octanol–water partition coefficient (Wildman–Crippen LogP) is 3.12. The zero-order valence-electron chi connectivity index (χ0n) is 11.3. The number of carbonyl (C=O) groups is 2.